The summed E-state index contributed by atoms with van der Waals surface area (Å²) in [5.74, 6) is -0.469. The van der Waals surface area contributed by atoms with Crippen molar-refractivity contribution in [3.63, 3.8) is 0 Å². The predicted octanol–water partition coefficient (Wildman–Crippen LogP) is 1.85. The molecule has 0 radical (unpaired) electrons. The van der Waals surface area contributed by atoms with Crippen molar-refractivity contribution in [3.05, 3.63) is 52.4 Å². The highest BCUT2D eigenvalue weighted by molar-refractivity contribution is 7.89. The zero-order valence-corrected chi connectivity index (χ0v) is 19.4. The van der Waals surface area contributed by atoms with Gasteiger partial charge in [0.05, 0.1) is 12.0 Å². The molecule has 1 amide bonds. The Balaban J connectivity index is 2.04. The smallest absolute Gasteiger partial charge is 0.387 e. The van der Waals surface area contributed by atoms with E-state index in [4.69, 9.17) is 4.74 Å². The quantitative estimate of drug-likeness (QED) is 0.490. The van der Waals surface area contributed by atoms with E-state index in [1.807, 2.05) is 0 Å². The Kier molecular flexibility index (Phi) is 9.35. The molecule has 0 aliphatic heterocycles. The van der Waals surface area contributed by atoms with Gasteiger partial charge in [-0.05, 0) is 30.2 Å². The standard InChI is InChI=1S/C21H27F2N3O6S/c1-4-26(5-2)33(29,30)16-7-9-20(28)25(13-16)14-19(27)24-11-10-15-6-8-17(31-3)18(12-15)32-21(22)23/h6-9,12-13,21H,4-5,10-11,14H2,1-3H3,(H,24,27). The molecule has 0 aliphatic rings. The molecular formula is C21H27F2N3O6S. The molecule has 0 saturated carbocycles. The van der Waals surface area contributed by atoms with Crippen molar-refractivity contribution < 1.29 is 31.5 Å². The Labute approximate surface area is 191 Å². The number of nitrogens with zero attached hydrogens (tertiary/aromatic N) is 2. The Morgan fingerprint density at radius 3 is 2.45 bits per heavy atom. The van der Waals surface area contributed by atoms with E-state index in [-0.39, 0.29) is 42.6 Å². The molecule has 1 aromatic carbocycles. The maximum Gasteiger partial charge on any atom is 0.387 e. The van der Waals surface area contributed by atoms with E-state index in [0.29, 0.717) is 12.0 Å². The van der Waals surface area contributed by atoms with Crippen LogP contribution in [0.15, 0.2) is 46.2 Å². The average molecular weight is 488 g/mol. The van der Waals surface area contributed by atoms with Crippen molar-refractivity contribution in [1.29, 1.82) is 0 Å². The molecule has 12 heteroatoms. The van der Waals surface area contributed by atoms with Crippen molar-refractivity contribution in [2.75, 3.05) is 26.7 Å². The van der Waals surface area contributed by atoms with E-state index >= 15 is 0 Å². The number of benzene rings is 1. The number of amides is 1. The first-order chi connectivity index (χ1) is 15.6. The molecule has 2 aromatic rings. The molecule has 0 saturated heterocycles. The number of nitrogens with one attached hydrogen (secondary N) is 1. The van der Waals surface area contributed by atoms with Crippen LogP contribution in [0.4, 0.5) is 8.78 Å². The van der Waals surface area contributed by atoms with Crippen LogP contribution in [0.3, 0.4) is 0 Å². The molecule has 0 atom stereocenters. The number of alkyl halides is 2. The van der Waals surface area contributed by atoms with Gasteiger partial charge in [0, 0.05) is 31.9 Å². The molecule has 0 aliphatic carbocycles. The van der Waals surface area contributed by atoms with Crippen LogP contribution >= 0.6 is 0 Å². The molecule has 1 N–H and O–H groups in total. The number of ether oxygens (including phenoxy) is 2. The molecule has 9 nitrogen and oxygen atoms in total. The molecule has 2 rings (SSSR count). The lowest BCUT2D eigenvalue weighted by Gasteiger charge is -2.19. The molecule has 0 spiro atoms. The Morgan fingerprint density at radius 1 is 1.15 bits per heavy atom. The van der Waals surface area contributed by atoms with Crippen molar-refractivity contribution >= 4 is 15.9 Å². The van der Waals surface area contributed by atoms with Crippen molar-refractivity contribution in [3.8, 4) is 11.5 Å². The summed E-state index contributed by atoms with van der Waals surface area (Å²) in [4.78, 5) is 24.3. The third-order valence-electron chi connectivity index (χ3n) is 4.79. The normalized spacial score (nSPS) is 11.6. The monoisotopic (exact) mass is 487 g/mol. The Bertz CT molecular complexity index is 1120. The molecule has 1 aromatic heterocycles. The number of hydrogen-bond donors (Lipinski definition) is 1. The second-order valence-corrected chi connectivity index (χ2v) is 8.82. The van der Waals surface area contributed by atoms with Crippen LogP contribution in [0.2, 0.25) is 0 Å². The van der Waals surface area contributed by atoms with Gasteiger partial charge in [0.2, 0.25) is 15.9 Å². The predicted molar refractivity (Wildman–Crippen MR) is 117 cm³/mol. The minimum atomic E-state index is -3.78. The SMILES string of the molecule is CCN(CC)S(=O)(=O)c1ccc(=O)n(CC(=O)NCCc2ccc(OC)c(OC(F)F)c2)c1. The van der Waals surface area contributed by atoms with Gasteiger partial charge < -0.3 is 19.4 Å². The highest BCUT2D eigenvalue weighted by atomic mass is 32.2. The van der Waals surface area contributed by atoms with Gasteiger partial charge in [-0.25, -0.2) is 8.42 Å². The number of rotatable bonds is 12. The van der Waals surface area contributed by atoms with E-state index in [1.54, 1.807) is 19.9 Å². The number of carbonyl (C=O) groups is 1. The van der Waals surface area contributed by atoms with Crippen molar-refractivity contribution in [2.45, 2.75) is 38.3 Å². The largest absolute Gasteiger partial charge is 0.493 e. The summed E-state index contributed by atoms with van der Waals surface area (Å²) in [5.41, 5.74) is 0.101. The van der Waals surface area contributed by atoms with Crippen LogP contribution < -0.4 is 20.3 Å². The number of aromatic nitrogens is 1. The van der Waals surface area contributed by atoms with Gasteiger partial charge in [0.1, 0.15) is 6.54 Å². The summed E-state index contributed by atoms with van der Waals surface area (Å²) in [5, 5.41) is 2.62. The second-order valence-electron chi connectivity index (χ2n) is 6.88. The van der Waals surface area contributed by atoms with Gasteiger partial charge in [0.25, 0.3) is 5.56 Å². The molecule has 33 heavy (non-hydrogen) atoms. The fraction of sp³-hybridized carbons (Fsp3) is 0.429. The number of sulfonamides is 1. The summed E-state index contributed by atoms with van der Waals surface area (Å²) in [6, 6.07) is 6.84. The number of pyridine rings is 1. The third-order valence-corrected chi connectivity index (χ3v) is 6.83. The summed E-state index contributed by atoms with van der Waals surface area (Å²) in [6.07, 6.45) is 1.45. The van der Waals surface area contributed by atoms with Crippen LogP contribution in [0.25, 0.3) is 0 Å². The summed E-state index contributed by atoms with van der Waals surface area (Å²) >= 11 is 0. The minimum Gasteiger partial charge on any atom is -0.493 e. The minimum absolute atomic E-state index is 0.0802. The van der Waals surface area contributed by atoms with E-state index in [2.05, 4.69) is 10.1 Å². The van der Waals surface area contributed by atoms with Crippen LogP contribution in [0, 0.1) is 0 Å². The molecule has 0 bridgehead atoms. The number of hydrogen-bond acceptors (Lipinski definition) is 6. The van der Waals surface area contributed by atoms with Gasteiger partial charge in [-0.3, -0.25) is 9.59 Å². The number of carbonyl (C=O) groups excluding carboxylic acids is 1. The summed E-state index contributed by atoms with van der Waals surface area (Å²) < 4.78 is 62.1. The zero-order chi connectivity index (χ0) is 24.6. The lowest BCUT2D eigenvalue weighted by atomic mass is 10.1. The van der Waals surface area contributed by atoms with Gasteiger partial charge >= 0.3 is 6.61 Å². The third kappa shape index (κ3) is 6.99. The van der Waals surface area contributed by atoms with Gasteiger partial charge in [0.15, 0.2) is 11.5 Å². The van der Waals surface area contributed by atoms with E-state index in [0.717, 1.165) is 16.8 Å². The molecule has 182 valence electrons. The maximum atomic E-state index is 12.7. The summed E-state index contributed by atoms with van der Waals surface area (Å²) in [6.45, 7) is 0.732. The Morgan fingerprint density at radius 2 is 1.85 bits per heavy atom. The van der Waals surface area contributed by atoms with E-state index in [9.17, 15) is 26.8 Å². The molecule has 0 unspecified atom stereocenters. The van der Waals surface area contributed by atoms with Gasteiger partial charge in [-0.15, -0.1) is 0 Å². The van der Waals surface area contributed by atoms with Gasteiger partial charge in [-0.2, -0.15) is 13.1 Å². The topological polar surface area (TPSA) is 107 Å². The Hall–Kier alpha value is -2.99. The fourth-order valence-electron chi connectivity index (χ4n) is 3.12. The number of methoxy groups -OCH3 is 1. The number of halogens is 2. The van der Waals surface area contributed by atoms with E-state index < -0.39 is 28.1 Å². The van der Waals surface area contributed by atoms with Crippen LogP contribution in [-0.2, 0) is 27.8 Å². The lowest BCUT2D eigenvalue weighted by molar-refractivity contribution is -0.121. The van der Waals surface area contributed by atoms with Crippen LogP contribution in [-0.4, -0.2) is 56.6 Å². The zero-order valence-electron chi connectivity index (χ0n) is 18.6. The van der Waals surface area contributed by atoms with E-state index in [1.165, 1.54) is 29.6 Å². The molecule has 0 fully saturated rings. The van der Waals surface area contributed by atoms with Crippen molar-refractivity contribution in [2.24, 2.45) is 0 Å². The highest BCUT2D eigenvalue weighted by Crippen LogP contribution is 2.29. The first-order valence-corrected chi connectivity index (χ1v) is 11.6. The fourth-order valence-corrected chi connectivity index (χ4v) is 4.60. The first kappa shape index (κ1) is 26.3. The van der Waals surface area contributed by atoms with Crippen LogP contribution in [0.1, 0.15) is 19.4 Å². The highest BCUT2D eigenvalue weighted by Gasteiger charge is 2.22. The first-order valence-electron chi connectivity index (χ1n) is 10.2. The second kappa shape index (κ2) is 11.8. The summed E-state index contributed by atoms with van der Waals surface area (Å²) in [7, 11) is -2.45. The molecule has 1 heterocycles. The van der Waals surface area contributed by atoms with Crippen LogP contribution in [0.5, 0.6) is 11.5 Å². The van der Waals surface area contributed by atoms with Crippen molar-refractivity contribution in [1.82, 2.24) is 14.2 Å². The lowest BCUT2D eigenvalue weighted by Crippen LogP contribution is -2.35. The maximum absolute atomic E-state index is 12.7. The average Bonchev–Trinajstić information content (AvgIpc) is 2.75. The molecular weight excluding hydrogens is 460 g/mol. The van der Waals surface area contributed by atoms with Gasteiger partial charge in [-0.1, -0.05) is 19.9 Å².